The van der Waals surface area contributed by atoms with Crippen LogP contribution in [0.1, 0.15) is 11.1 Å². The molecule has 1 fully saturated rings. The Morgan fingerprint density at radius 2 is 2.28 bits per heavy atom. The number of carbonyl (C=O) groups is 1. The fraction of sp³-hybridized carbons (Fsp3) is 0.0769. The number of carbonyl (C=O) groups excluding carboxylic acids is 1. The van der Waals surface area contributed by atoms with Gasteiger partial charge in [0.25, 0.3) is 5.91 Å². The Morgan fingerprint density at radius 1 is 1.50 bits per heavy atom. The van der Waals surface area contributed by atoms with Crippen LogP contribution in [0.2, 0.25) is 0 Å². The smallest absolute Gasteiger partial charge is 0.263 e. The molecule has 1 heterocycles. The van der Waals surface area contributed by atoms with Gasteiger partial charge in [-0.15, -0.1) is 6.58 Å². The number of hydrogen-bond donors (Lipinski definition) is 2. The summed E-state index contributed by atoms with van der Waals surface area (Å²) in [4.78, 5) is 12.1. The molecule has 2 rings (SSSR count). The van der Waals surface area contributed by atoms with Gasteiger partial charge in [-0.3, -0.25) is 4.79 Å². The number of phenolic OH excluding ortho intramolecular Hbond substituents is 1. The summed E-state index contributed by atoms with van der Waals surface area (Å²) < 4.78 is 0.469. The molecule has 18 heavy (non-hydrogen) atoms. The van der Waals surface area contributed by atoms with E-state index in [1.807, 2.05) is 6.07 Å². The maximum Gasteiger partial charge on any atom is 0.263 e. The zero-order chi connectivity index (χ0) is 13.1. The first kappa shape index (κ1) is 12.9. The van der Waals surface area contributed by atoms with Gasteiger partial charge in [-0.1, -0.05) is 36.1 Å². The topological polar surface area (TPSA) is 49.3 Å². The number of rotatable bonds is 3. The third-order valence-electron chi connectivity index (χ3n) is 2.41. The highest BCUT2D eigenvalue weighted by Gasteiger charge is 2.21. The molecule has 0 unspecified atom stereocenters. The highest BCUT2D eigenvalue weighted by Crippen LogP contribution is 2.27. The largest absolute Gasteiger partial charge is 0.508 e. The minimum absolute atomic E-state index is 0.177. The SMILES string of the molecule is C=CCc1cc(C=C2SC(=S)NC2=O)ccc1O. The summed E-state index contributed by atoms with van der Waals surface area (Å²) in [5.74, 6) is 0.0550. The van der Waals surface area contributed by atoms with Crippen molar-refractivity contribution in [2.45, 2.75) is 6.42 Å². The first-order chi connectivity index (χ1) is 8.60. The van der Waals surface area contributed by atoms with Crippen molar-refractivity contribution in [2.75, 3.05) is 0 Å². The second-order valence-electron chi connectivity index (χ2n) is 3.73. The van der Waals surface area contributed by atoms with E-state index >= 15 is 0 Å². The van der Waals surface area contributed by atoms with E-state index in [1.165, 1.54) is 11.8 Å². The molecule has 1 aliphatic heterocycles. The minimum atomic E-state index is -0.177. The van der Waals surface area contributed by atoms with Crippen LogP contribution >= 0.6 is 24.0 Å². The molecule has 3 nitrogen and oxygen atoms in total. The first-order valence-corrected chi connectivity index (χ1v) is 6.50. The van der Waals surface area contributed by atoms with Crippen molar-refractivity contribution in [2.24, 2.45) is 0 Å². The van der Waals surface area contributed by atoms with E-state index in [0.717, 1.165) is 11.1 Å². The average Bonchev–Trinajstić information content (AvgIpc) is 2.62. The maximum absolute atomic E-state index is 11.5. The molecule has 2 N–H and O–H groups in total. The van der Waals surface area contributed by atoms with E-state index in [9.17, 15) is 9.90 Å². The second kappa shape index (κ2) is 5.37. The lowest BCUT2D eigenvalue weighted by atomic mass is 10.1. The van der Waals surface area contributed by atoms with Gasteiger partial charge in [-0.25, -0.2) is 0 Å². The van der Waals surface area contributed by atoms with Crippen molar-refractivity contribution < 1.29 is 9.90 Å². The molecule has 5 heteroatoms. The highest BCUT2D eigenvalue weighted by molar-refractivity contribution is 8.26. The molecule has 0 atom stereocenters. The number of benzene rings is 1. The van der Waals surface area contributed by atoms with Crippen LogP contribution in [0.25, 0.3) is 6.08 Å². The quantitative estimate of drug-likeness (QED) is 0.506. The third-order valence-corrected chi connectivity index (χ3v) is 3.57. The van der Waals surface area contributed by atoms with Crippen molar-refractivity contribution in [1.82, 2.24) is 5.32 Å². The van der Waals surface area contributed by atoms with E-state index in [4.69, 9.17) is 12.2 Å². The standard InChI is InChI=1S/C13H11NO2S2/c1-2-3-9-6-8(4-5-10(9)15)7-11-12(16)14-13(17)18-11/h2,4-7,15H,1,3H2,(H,14,16,17). The van der Waals surface area contributed by atoms with Crippen LogP contribution in [-0.2, 0) is 11.2 Å². The lowest BCUT2D eigenvalue weighted by Gasteiger charge is -2.03. The Morgan fingerprint density at radius 3 is 2.89 bits per heavy atom. The van der Waals surface area contributed by atoms with Crippen LogP contribution in [0, 0.1) is 0 Å². The average molecular weight is 277 g/mol. The summed E-state index contributed by atoms with van der Waals surface area (Å²) >= 11 is 6.16. The Hall–Kier alpha value is -1.59. The zero-order valence-corrected chi connectivity index (χ0v) is 11.1. The fourth-order valence-electron chi connectivity index (χ4n) is 1.59. The first-order valence-electron chi connectivity index (χ1n) is 5.28. The lowest BCUT2D eigenvalue weighted by molar-refractivity contribution is -0.115. The Kier molecular flexibility index (Phi) is 3.84. The van der Waals surface area contributed by atoms with Crippen LogP contribution in [0.4, 0.5) is 0 Å². The summed E-state index contributed by atoms with van der Waals surface area (Å²) in [6.45, 7) is 3.64. The highest BCUT2D eigenvalue weighted by atomic mass is 32.2. The second-order valence-corrected chi connectivity index (χ2v) is 5.45. The van der Waals surface area contributed by atoms with E-state index in [0.29, 0.717) is 15.6 Å². The fourth-order valence-corrected chi connectivity index (χ4v) is 2.63. The predicted octanol–water partition coefficient (Wildman–Crippen LogP) is 2.61. The van der Waals surface area contributed by atoms with Gasteiger partial charge in [0, 0.05) is 0 Å². The van der Waals surface area contributed by atoms with Gasteiger partial charge in [-0.2, -0.15) is 0 Å². The van der Waals surface area contributed by atoms with Gasteiger partial charge < -0.3 is 10.4 Å². The third kappa shape index (κ3) is 2.80. The van der Waals surface area contributed by atoms with E-state index in [2.05, 4.69) is 11.9 Å². The molecule has 0 radical (unpaired) electrons. The van der Waals surface area contributed by atoms with Crippen molar-refractivity contribution in [3.63, 3.8) is 0 Å². The molecular weight excluding hydrogens is 266 g/mol. The van der Waals surface area contributed by atoms with Crippen LogP contribution in [0.3, 0.4) is 0 Å². The summed E-state index contributed by atoms with van der Waals surface area (Å²) in [6.07, 6.45) is 4.06. The number of nitrogens with one attached hydrogen (secondary N) is 1. The van der Waals surface area contributed by atoms with Crippen molar-refractivity contribution >= 4 is 40.3 Å². The molecular formula is C13H11NO2S2. The number of amides is 1. The Balaban J connectivity index is 2.32. The Bertz CT molecular complexity index is 564. The number of allylic oxidation sites excluding steroid dienone is 1. The monoisotopic (exact) mass is 277 g/mol. The summed E-state index contributed by atoms with van der Waals surface area (Å²) in [5.41, 5.74) is 1.64. The number of thiocarbonyl (C=S) groups is 1. The molecule has 0 aliphatic carbocycles. The van der Waals surface area contributed by atoms with E-state index < -0.39 is 0 Å². The Labute approximate surface area is 115 Å². The molecule has 0 saturated carbocycles. The minimum Gasteiger partial charge on any atom is -0.508 e. The van der Waals surface area contributed by atoms with Crippen molar-refractivity contribution in [1.29, 1.82) is 0 Å². The summed E-state index contributed by atoms with van der Waals surface area (Å²) in [7, 11) is 0. The van der Waals surface area contributed by atoms with Crippen LogP contribution in [0.15, 0.2) is 35.8 Å². The van der Waals surface area contributed by atoms with Gasteiger partial charge in [0.05, 0.1) is 4.91 Å². The molecule has 92 valence electrons. The zero-order valence-electron chi connectivity index (χ0n) is 9.47. The van der Waals surface area contributed by atoms with Gasteiger partial charge in [0.2, 0.25) is 0 Å². The van der Waals surface area contributed by atoms with E-state index in [1.54, 1.807) is 24.3 Å². The molecule has 0 bridgehead atoms. The van der Waals surface area contributed by atoms with E-state index in [-0.39, 0.29) is 11.7 Å². The molecule has 1 aliphatic rings. The molecule has 1 aromatic carbocycles. The molecule has 0 spiro atoms. The molecule has 0 aromatic heterocycles. The van der Waals surface area contributed by atoms with Gasteiger partial charge >= 0.3 is 0 Å². The number of aromatic hydroxyl groups is 1. The van der Waals surface area contributed by atoms with Crippen LogP contribution < -0.4 is 5.32 Å². The lowest BCUT2D eigenvalue weighted by Crippen LogP contribution is -2.17. The van der Waals surface area contributed by atoms with Gasteiger partial charge in [0.15, 0.2) is 0 Å². The number of thioether (sulfide) groups is 1. The van der Waals surface area contributed by atoms with Crippen molar-refractivity contribution in [3.05, 3.63) is 46.9 Å². The van der Waals surface area contributed by atoms with Crippen molar-refractivity contribution in [3.8, 4) is 5.75 Å². The molecule has 1 saturated heterocycles. The molecule has 1 amide bonds. The van der Waals surface area contributed by atoms with Gasteiger partial charge in [-0.05, 0) is 35.8 Å². The van der Waals surface area contributed by atoms with Gasteiger partial charge in [0.1, 0.15) is 10.1 Å². The number of phenols is 1. The summed E-state index contributed by atoms with van der Waals surface area (Å²) in [6, 6.07) is 5.20. The normalized spacial score (nSPS) is 17.0. The molecule has 1 aromatic rings. The maximum atomic E-state index is 11.5. The summed E-state index contributed by atoms with van der Waals surface area (Å²) in [5, 5.41) is 12.2. The predicted molar refractivity (Wildman–Crippen MR) is 78.3 cm³/mol. The van der Waals surface area contributed by atoms with Crippen LogP contribution in [0.5, 0.6) is 5.75 Å². The number of hydrogen-bond acceptors (Lipinski definition) is 4. The van der Waals surface area contributed by atoms with Crippen LogP contribution in [-0.4, -0.2) is 15.3 Å².